The van der Waals surface area contributed by atoms with Crippen LogP contribution in [0.25, 0.3) is 0 Å². The van der Waals surface area contributed by atoms with Crippen LogP contribution in [0.1, 0.15) is 12.8 Å². The zero-order valence-electron chi connectivity index (χ0n) is 13.1. The second-order valence-electron chi connectivity index (χ2n) is 5.13. The maximum Gasteiger partial charge on any atom is 0.240 e. The van der Waals surface area contributed by atoms with Crippen LogP contribution in [0.2, 0.25) is 0 Å². The lowest BCUT2D eigenvalue weighted by Crippen LogP contribution is -2.59. The summed E-state index contributed by atoms with van der Waals surface area (Å²) in [5.74, 6) is -0.0601. The molecule has 0 saturated heterocycles. The van der Waals surface area contributed by atoms with Crippen LogP contribution < -0.4 is 11.1 Å². The molecule has 0 heterocycles. The Kier molecular flexibility index (Phi) is 8.79. The van der Waals surface area contributed by atoms with Gasteiger partial charge >= 0.3 is 0 Å². The summed E-state index contributed by atoms with van der Waals surface area (Å²) in [6.07, 6.45) is 2.03. The minimum absolute atomic E-state index is 0.287. The minimum atomic E-state index is -0.733. The monoisotopic (exact) mass is 304 g/mol. The molecule has 1 aliphatic carbocycles. The summed E-state index contributed by atoms with van der Waals surface area (Å²) in [5, 5.41) is 3.04. The lowest BCUT2D eigenvalue weighted by Gasteiger charge is -2.30. The minimum Gasteiger partial charge on any atom is -0.382 e. The van der Waals surface area contributed by atoms with E-state index in [2.05, 4.69) is 5.32 Å². The quantitative estimate of drug-likeness (QED) is 0.422. The van der Waals surface area contributed by atoms with E-state index < -0.39 is 5.54 Å². The molecule has 0 radical (unpaired) electrons. The molecule has 1 aliphatic rings. The van der Waals surface area contributed by atoms with Gasteiger partial charge in [0.2, 0.25) is 5.91 Å². The summed E-state index contributed by atoms with van der Waals surface area (Å²) in [4.78, 5) is 11.6. The van der Waals surface area contributed by atoms with Crippen molar-refractivity contribution < 1.29 is 23.7 Å². The van der Waals surface area contributed by atoms with E-state index in [4.69, 9.17) is 24.7 Å². The molecule has 0 aromatic heterocycles. The number of carbonyl (C=O) groups excluding carboxylic acids is 1. The van der Waals surface area contributed by atoms with Crippen LogP contribution in [0.3, 0.4) is 0 Å². The fraction of sp³-hybridized carbons (Fsp3) is 0.929. The number of rotatable bonds is 14. The van der Waals surface area contributed by atoms with Crippen LogP contribution in [0, 0.1) is 5.92 Å². The summed E-state index contributed by atoms with van der Waals surface area (Å²) in [5.41, 5.74) is 4.77. The number of hydrogen-bond acceptors (Lipinski definition) is 6. The van der Waals surface area contributed by atoms with Crippen molar-refractivity contribution in [2.45, 2.75) is 18.4 Å². The lowest BCUT2D eigenvalue weighted by atomic mass is 9.93. The number of likely N-dealkylation sites (N-methyl/N-ethyl adjacent to an activating group) is 1. The fourth-order valence-electron chi connectivity index (χ4n) is 2.18. The van der Waals surface area contributed by atoms with Gasteiger partial charge in [0.05, 0.1) is 46.2 Å². The van der Waals surface area contributed by atoms with Crippen LogP contribution in [-0.2, 0) is 23.7 Å². The second-order valence-corrected chi connectivity index (χ2v) is 5.13. The third-order valence-corrected chi connectivity index (χ3v) is 3.67. The van der Waals surface area contributed by atoms with E-state index in [9.17, 15) is 4.79 Å². The number of carbonyl (C=O) groups is 1. The van der Waals surface area contributed by atoms with E-state index in [1.165, 1.54) is 0 Å². The van der Waals surface area contributed by atoms with E-state index >= 15 is 0 Å². The Labute approximate surface area is 126 Å². The van der Waals surface area contributed by atoms with Gasteiger partial charge in [-0.1, -0.05) is 0 Å². The van der Waals surface area contributed by atoms with Gasteiger partial charge in [-0.3, -0.25) is 4.79 Å². The molecule has 1 amide bonds. The molecule has 0 aliphatic heterocycles. The highest BCUT2D eigenvalue weighted by Crippen LogP contribution is 2.39. The highest BCUT2D eigenvalue weighted by molar-refractivity contribution is 5.85. The van der Waals surface area contributed by atoms with E-state index in [1.54, 1.807) is 14.2 Å². The van der Waals surface area contributed by atoms with Gasteiger partial charge in [0.25, 0.3) is 0 Å². The summed E-state index contributed by atoms with van der Waals surface area (Å²) in [6, 6.07) is 0. The molecule has 1 atom stereocenters. The van der Waals surface area contributed by atoms with Crippen molar-refractivity contribution in [2.75, 3.05) is 60.4 Å². The Hall–Kier alpha value is -0.730. The van der Waals surface area contributed by atoms with Crippen LogP contribution in [-0.4, -0.2) is 71.9 Å². The third kappa shape index (κ3) is 6.27. The first-order valence-corrected chi connectivity index (χ1v) is 7.38. The summed E-state index contributed by atoms with van der Waals surface area (Å²) < 4.78 is 21.0. The van der Waals surface area contributed by atoms with Crippen molar-refractivity contribution >= 4 is 5.91 Å². The molecule has 7 nitrogen and oxygen atoms in total. The molecule has 7 heteroatoms. The van der Waals surface area contributed by atoms with Crippen LogP contribution >= 0.6 is 0 Å². The second kappa shape index (κ2) is 10.1. The SMILES string of the molecule is CNC(COCCOCCOCCOC)(C(N)=O)C1CC1. The van der Waals surface area contributed by atoms with Crippen molar-refractivity contribution in [3.8, 4) is 0 Å². The van der Waals surface area contributed by atoms with Gasteiger partial charge in [0.15, 0.2) is 0 Å². The fourth-order valence-corrected chi connectivity index (χ4v) is 2.18. The zero-order valence-corrected chi connectivity index (χ0v) is 13.1. The standard InChI is InChI=1S/C14H28N2O5/c1-16-14(13(15)17,12-3-4-12)11-21-10-9-20-8-7-19-6-5-18-2/h12,16H,3-11H2,1-2H3,(H2,15,17). The van der Waals surface area contributed by atoms with Gasteiger partial charge in [-0.15, -0.1) is 0 Å². The number of nitrogens with one attached hydrogen (secondary N) is 1. The average molecular weight is 304 g/mol. The number of nitrogens with two attached hydrogens (primary N) is 1. The Morgan fingerprint density at radius 2 is 1.62 bits per heavy atom. The Morgan fingerprint density at radius 3 is 2.05 bits per heavy atom. The average Bonchev–Trinajstić information content (AvgIpc) is 3.30. The van der Waals surface area contributed by atoms with E-state index in [0.717, 1.165) is 12.8 Å². The normalized spacial score (nSPS) is 17.6. The molecule has 3 N–H and O–H groups in total. The number of hydrogen-bond donors (Lipinski definition) is 2. The van der Waals surface area contributed by atoms with Crippen LogP contribution in [0.5, 0.6) is 0 Å². The Bertz CT molecular complexity index is 299. The first kappa shape index (κ1) is 18.3. The highest BCUT2D eigenvalue weighted by Gasteiger charge is 2.49. The number of methoxy groups -OCH3 is 1. The maximum absolute atomic E-state index is 11.6. The smallest absolute Gasteiger partial charge is 0.240 e. The van der Waals surface area contributed by atoms with E-state index in [0.29, 0.717) is 39.6 Å². The van der Waals surface area contributed by atoms with Crippen molar-refractivity contribution in [3.63, 3.8) is 0 Å². The maximum atomic E-state index is 11.6. The molecule has 1 rings (SSSR count). The first-order valence-electron chi connectivity index (χ1n) is 7.38. The van der Waals surface area contributed by atoms with Gasteiger partial charge in [0.1, 0.15) is 5.54 Å². The van der Waals surface area contributed by atoms with Crippen molar-refractivity contribution in [1.29, 1.82) is 0 Å². The van der Waals surface area contributed by atoms with E-state index in [-0.39, 0.29) is 18.4 Å². The first-order chi connectivity index (χ1) is 10.2. The van der Waals surface area contributed by atoms with Gasteiger partial charge in [0, 0.05) is 7.11 Å². The van der Waals surface area contributed by atoms with Gasteiger partial charge in [-0.05, 0) is 25.8 Å². The molecule has 1 saturated carbocycles. The summed E-state index contributed by atoms with van der Waals surface area (Å²) in [6.45, 7) is 3.40. The number of primary amides is 1. The molecule has 0 aromatic carbocycles. The zero-order chi connectivity index (χ0) is 15.6. The van der Waals surface area contributed by atoms with Gasteiger partial charge < -0.3 is 30.0 Å². The van der Waals surface area contributed by atoms with Gasteiger partial charge in [-0.25, -0.2) is 0 Å². The molecular formula is C14H28N2O5. The molecule has 0 aromatic rings. The highest BCUT2D eigenvalue weighted by atomic mass is 16.6. The van der Waals surface area contributed by atoms with Crippen molar-refractivity contribution in [3.05, 3.63) is 0 Å². The molecule has 0 spiro atoms. The van der Waals surface area contributed by atoms with Crippen LogP contribution in [0.4, 0.5) is 0 Å². The predicted molar refractivity (Wildman–Crippen MR) is 78.0 cm³/mol. The summed E-state index contributed by atoms with van der Waals surface area (Å²) >= 11 is 0. The molecule has 0 bridgehead atoms. The van der Waals surface area contributed by atoms with Crippen LogP contribution in [0.15, 0.2) is 0 Å². The lowest BCUT2D eigenvalue weighted by molar-refractivity contribution is -0.128. The summed E-state index contributed by atoms with van der Waals surface area (Å²) in [7, 11) is 3.39. The van der Waals surface area contributed by atoms with E-state index in [1.807, 2.05) is 0 Å². The molecular weight excluding hydrogens is 276 g/mol. The number of ether oxygens (including phenoxy) is 4. The van der Waals surface area contributed by atoms with Crippen molar-refractivity contribution in [2.24, 2.45) is 11.7 Å². The topological polar surface area (TPSA) is 92.0 Å². The Balaban J connectivity index is 2.03. The van der Waals surface area contributed by atoms with Gasteiger partial charge in [-0.2, -0.15) is 0 Å². The Morgan fingerprint density at radius 1 is 1.10 bits per heavy atom. The number of amides is 1. The molecule has 21 heavy (non-hydrogen) atoms. The third-order valence-electron chi connectivity index (χ3n) is 3.67. The predicted octanol–water partition coefficient (Wildman–Crippen LogP) is -0.464. The van der Waals surface area contributed by atoms with Crippen molar-refractivity contribution in [1.82, 2.24) is 5.32 Å². The molecule has 124 valence electrons. The largest absolute Gasteiger partial charge is 0.382 e. The molecule has 1 unspecified atom stereocenters. The molecule has 1 fully saturated rings.